The molecule has 0 aliphatic carbocycles. The Labute approximate surface area is 90.3 Å². The highest BCUT2D eigenvalue weighted by molar-refractivity contribution is 4.62. The van der Waals surface area contributed by atoms with Gasteiger partial charge in [0.1, 0.15) is 0 Å². The number of nitrogens with zero attached hydrogens (tertiary/aromatic N) is 2. The third-order valence-electron chi connectivity index (χ3n) is 2.76. The Balaban J connectivity index is 3.52. The first-order valence-electron chi connectivity index (χ1n) is 5.92. The summed E-state index contributed by atoms with van der Waals surface area (Å²) in [5.74, 6) is 0. The maximum atomic E-state index is 2.31. The van der Waals surface area contributed by atoms with Crippen LogP contribution in [0, 0.1) is 0 Å². The lowest BCUT2D eigenvalue weighted by atomic mass is 10.1. The molecule has 2 nitrogen and oxygen atoms in total. The third-order valence-corrected chi connectivity index (χ3v) is 2.76. The maximum absolute atomic E-state index is 2.31. The monoisotopic (exact) mass is 200 g/mol. The number of hydrogen-bond donors (Lipinski definition) is 0. The van der Waals surface area contributed by atoms with Gasteiger partial charge in [-0.3, -0.25) is 9.80 Å². The topological polar surface area (TPSA) is 6.48 Å². The zero-order valence-corrected chi connectivity index (χ0v) is 10.7. The van der Waals surface area contributed by atoms with Crippen molar-refractivity contribution in [2.75, 3.05) is 28.2 Å². The summed E-state index contributed by atoms with van der Waals surface area (Å²) in [6, 6.07) is 0. The third kappa shape index (κ3) is 6.39. The van der Waals surface area contributed by atoms with Crippen LogP contribution < -0.4 is 0 Å². The average Bonchev–Trinajstić information content (AvgIpc) is 2.09. The molecule has 0 rings (SSSR count). The Kier molecular flexibility index (Phi) is 8.20. The van der Waals surface area contributed by atoms with Crippen molar-refractivity contribution in [1.29, 1.82) is 0 Å². The maximum Gasteiger partial charge on any atom is 0.0612 e. The first-order chi connectivity index (χ1) is 6.59. The second-order valence-corrected chi connectivity index (χ2v) is 4.61. The normalized spacial score (nSPS) is 12.0. The lowest BCUT2D eigenvalue weighted by Gasteiger charge is -2.30. The molecule has 0 radical (unpaired) electrons. The Morgan fingerprint density at radius 3 is 1.71 bits per heavy atom. The minimum atomic E-state index is 0.608. The smallest absolute Gasteiger partial charge is 0.0612 e. The Hall–Kier alpha value is -0.0800. The fraction of sp³-hybridized carbons (Fsp3) is 1.00. The summed E-state index contributed by atoms with van der Waals surface area (Å²) in [5.41, 5.74) is 0. The van der Waals surface area contributed by atoms with Crippen LogP contribution >= 0.6 is 0 Å². The second-order valence-electron chi connectivity index (χ2n) is 4.61. The highest BCUT2D eigenvalue weighted by Gasteiger charge is 2.12. The summed E-state index contributed by atoms with van der Waals surface area (Å²) >= 11 is 0. The fourth-order valence-electron chi connectivity index (χ4n) is 1.91. The van der Waals surface area contributed by atoms with Crippen LogP contribution in [-0.2, 0) is 0 Å². The Morgan fingerprint density at radius 2 is 1.29 bits per heavy atom. The van der Waals surface area contributed by atoms with E-state index in [0.717, 1.165) is 0 Å². The lowest BCUT2D eigenvalue weighted by molar-refractivity contribution is 0.117. The summed E-state index contributed by atoms with van der Waals surface area (Å²) in [4.78, 5) is 4.61. The van der Waals surface area contributed by atoms with Gasteiger partial charge in [0, 0.05) is 0 Å². The van der Waals surface area contributed by atoms with E-state index in [1.807, 2.05) is 0 Å². The molecule has 0 aliphatic rings. The van der Waals surface area contributed by atoms with Gasteiger partial charge in [-0.2, -0.15) is 0 Å². The van der Waals surface area contributed by atoms with Crippen molar-refractivity contribution < 1.29 is 0 Å². The molecule has 0 aliphatic heterocycles. The summed E-state index contributed by atoms with van der Waals surface area (Å²) in [5, 5.41) is 0. The van der Waals surface area contributed by atoms with E-state index in [1.54, 1.807) is 0 Å². The highest BCUT2D eigenvalue weighted by Crippen LogP contribution is 2.11. The molecule has 0 bridgehead atoms. The van der Waals surface area contributed by atoms with Gasteiger partial charge in [-0.25, -0.2) is 0 Å². The highest BCUT2D eigenvalue weighted by atomic mass is 15.3. The number of rotatable bonds is 8. The molecule has 0 aromatic heterocycles. The van der Waals surface area contributed by atoms with Gasteiger partial charge in [0.05, 0.1) is 6.17 Å². The molecule has 0 aromatic carbocycles. The molecule has 0 heterocycles. The molecule has 0 spiro atoms. The van der Waals surface area contributed by atoms with Crippen LogP contribution in [-0.4, -0.2) is 44.2 Å². The molecule has 0 N–H and O–H groups in total. The van der Waals surface area contributed by atoms with Gasteiger partial charge in [-0.15, -0.1) is 0 Å². The largest absolute Gasteiger partial charge is 0.294 e. The van der Waals surface area contributed by atoms with Crippen LogP contribution in [0.2, 0.25) is 0 Å². The van der Waals surface area contributed by atoms with Crippen molar-refractivity contribution >= 4 is 0 Å². The first-order valence-corrected chi connectivity index (χ1v) is 5.92. The standard InChI is InChI=1S/C12H28N2/c1-6-7-8-9-10-11-12(13(2)3)14(4)5/h12H,6-11H2,1-5H3. The van der Waals surface area contributed by atoms with E-state index in [-0.39, 0.29) is 0 Å². The Morgan fingerprint density at radius 1 is 0.786 bits per heavy atom. The van der Waals surface area contributed by atoms with E-state index in [4.69, 9.17) is 0 Å². The van der Waals surface area contributed by atoms with Crippen molar-refractivity contribution in [3.05, 3.63) is 0 Å². The van der Waals surface area contributed by atoms with Crippen molar-refractivity contribution in [3.8, 4) is 0 Å². The van der Waals surface area contributed by atoms with Crippen LogP contribution in [0.1, 0.15) is 45.4 Å². The zero-order chi connectivity index (χ0) is 11.0. The summed E-state index contributed by atoms with van der Waals surface area (Å²) in [6.45, 7) is 2.27. The Bertz CT molecular complexity index is 113. The van der Waals surface area contributed by atoms with Gasteiger partial charge < -0.3 is 0 Å². The molecule has 86 valence electrons. The van der Waals surface area contributed by atoms with E-state index in [1.165, 1.54) is 38.5 Å². The van der Waals surface area contributed by atoms with Gasteiger partial charge in [-0.1, -0.05) is 39.0 Å². The molecule has 2 heteroatoms. The fourth-order valence-corrected chi connectivity index (χ4v) is 1.91. The second kappa shape index (κ2) is 8.25. The van der Waals surface area contributed by atoms with E-state index in [0.29, 0.717) is 6.17 Å². The van der Waals surface area contributed by atoms with Crippen molar-refractivity contribution in [2.24, 2.45) is 0 Å². The van der Waals surface area contributed by atoms with Crippen LogP contribution in [0.15, 0.2) is 0 Å². The van der Waals surface area contributed by atoms with E-state index in [9.17, 15) is 0 Å². The van der Waals surface area contributed by atoms with Crippen LogP contribution in [0.3, 0.4) is 0 Å². The lowest BCUT2D eigenvalue weighted by Crippen LogP contribution is -2.40. The number of hydrogen-bond acceptors (Lipinski definition) is 2. The predicted molar refractivity (Wildman–Crippen MR) is 64.5 cm³/mol. The molecule has 0 saturated carbocycles. The zero-order valence-electron chi connectivity index (χ0n) is 10.7. The molecule has 0 aromatic rings. The quantitative estimate of drug-likeness (QED) is 0.439. The van der Waals surface area contributed by atoms with Gasteiger partial charge in [0.15, 0.2) is 0 Å². The van der Waals surface area contributed by atoms with Gasteiger partial charge >= 0.3 is 0 Å². The first kappa shape index (κ1) is 13.9. The van der Waals surface area contributed by atoms with E-state index in [2.05, 4.69) is 44.9 Å². The summed E-state index contributed by atoms with van der Waals surface area (Å²) < 4.78 is 0. The van der Waals surface area contributed by atoms with Gasteiger partial charge in [-0.05, 0) is 34.6 Å². The van der Waals surface area contributed by atoms with Gasteiger partial charge in [0.2, 0.25) is 0 Å². The summed E-state index contributed by atoms with van der Waals surface area (Å²) in [6.07, 6.45) is 8.80. The van der Waals surface area contributed by atoms with Crippen LogP contribution in [0.4, 0.5) is 0 Å². The summed E-state index contributed by atoms with van der Waals surface area (Å²) in [7, 11) is 8.65. The average molecular weight is 200 g/mol. The molecule has 0 atom stereocenters. The van der Waals surface area contributed by atoms with Crippen molar-refractivity contribution in [1.82, 2.24) is 9.80 Å². The minimum Gasteiger partial charge on any atom is -0.294 e. The van der Waals surface area contributed by atoms with E-state index < -0.39 is 0 Å². The SMILES string of the molecule is CCCCCCCC(N(C)C)N(C)C. The molecule has 0 fully saturated rings. The molecule has 0 unspecified atom stereocenters. The van der Waals surface area contributed by atoms with Crippen molar-refractivity contribution in [2.45, 2.75) is 51.6 Å². The van der Waals surface area contributed by atoms with Gasteiger partial charge in [0.25, 0.3) is 0 Å². The molecule has 0 saturated heterocycles. The molecule has 14 heavy (non-hydrogen) atoms. The van der Waals surface area contributed by atoms with Crippen molar-refractivity contribution in [3.63, 3.8) is 0 Å². The molecular formula is C12H28N2. The van der Waals surface area contributed by atoms with Crippen LogP contribution in [0.25, 0.3) is 0 Å². The molecule has 0 amide bonds. The molecular weight excluding hydrogens is 172 g/mol. The minimum absolute atomic E-state index is 0.608. The number of unbranched alkanes of at least 4 members (excludes halogenated alkanes) is 4. The van der Waals surface area contributed by atoms with E-state index >= 15 is 0 Å². The van der Waals surface area contributed by atoms with Crippen LogP contribution in [0.5, 0.6) is 0 Å². The predicted octanol–water partition coefficient (Wildman–Crippen LogP) is 2.80.